The lowest BCUT2D eigenvalue weighted by Crippen LogP contribution is -2.31. The molecule has 0 saturated carbocycles. The molecular formula is C10H13Cl2N3O. The second kappa shape index (κ2) is 6.03. The van der Waals surface area contributed by atoms with Crippen molar-refractivity contribution in [2.75, 3.05) is 27.2 Å². The fraction of sp³-hybridized carbons (Fsp3) is 0.400. The van der Waals surface area contributed by atoms with Gasteiger partial charge in [0.05, 0.1) is 5.56 Å². The molecule has 1 amide bonds. The number of halogens is 2. The van der Waals surface area contributed by atoms with Gasteiger partial charge in [-0.2, -0.15) is 0 Å². The second-order valence-electron chi connectivity index (χ2n) is 3.53. The largest absolute Gasteiger partial charge is 0.351 e. The van der Waals surface area contributed by atoms with Gasteiger partial charge in [-0.15, -0.1) is 0 Å². The van der Waals surface area contributed by atoms with Crippen molar-refractivity contribution in [2.45, 2.75) is 0 Å². The van der Waals surface area contributed by atoms with Gasteiger partial charge in [-0.05, 0) is 26.2 Å². The van der Waals surface area contributed by atoms with Gasteiger partial charge in [0, 0.05) is 13.1 Å². The molecule has 0 aliphatic rings. The van der Waals surface area contributed by atoms with E-state index in [4.69, 9.17) is 23.2 Å². The Balaban J connectivity index is 2.59. The molecular weight excluding hydrogens is 249 g/mol. The third kappa shape index (κ3) is 3.96. The summed E-state index contributed by atoms with van der Waals surface area (Å²) in [5, 5.41) is 3.14. The molecule has 1 heterocycles. The van der Waals surface area contributed by atoms with Gasteiger partial charge in [0.1, 0.15) is 10.3 Å². The maximum absolute atomic E-state index is 11.7. The van der Waals surface area contributed by atoms with Crippen LogP contribution in [0, 0.1) is 0 Å². The van der Waals surface area contributed by atoms with Crippen molar-refractivity contribution in [1.82, 2.24) is 15.2 Å². The SMILES string of the molecule is CN(C)CCNC(=O)c1ccc(Cl)nc1Cl. The van der Waals surface area contributed by atoms with Crippen molar-refractivity contribution < 1.29 is 4.79 Å². The molecule has 0 aliphatic carbocycles. The van der Waals surface area contributed by atoms with Crippen LogP contribution < -0.4 is 5.32 Å². The van der Waals surface area contributed by atoms with Crippen LogP contribution in [0.15, 0.2) is 12.1 Å². The minimum atomic E-state index is -0.240. The molecule has 0 radical (unpaired) electrons. The van der Waals surface area contributed by atoms with Crippen LogP contribution in [0.5, 0.6) is 0 Å². The number of likely N-dealkylation sites (N-methyl/N-ethyl adjacent to an activating group) is 1. The molecule has 6 heteroatoms. The van der Waals surface area contributed by atoms with Crippen LogP contribution in [0.25, 0.3) is 0 Å². The second-order valence-corrected chi connectivity index (χ2v) is 4.28. The zero-order valence-electron chi connectivity index (χ0n) is 9.13. The number of hydrogen-bond acceptors (Lipinski definition) is 3. The van der Waals surface area contributed by atoms with E-state index in [1.165, 1.54) is 6.07 Å². The van der Waals surface area contributed by atoms with Crippen molar-refractivity contribution in [3.05, 3.63) is 28.0 Å². The highest BCUT2D eigenvalue weighted by Gasteiger charge is 2.11. The van der Waals surface area contributed by atoms with Gasteiger partial charge in [0.15, 0.2) is 0 Å². The highest BCUT2D eigenvalue weighted by Crippen LogP contribution is 2.16. The van der Waals surface area contributed by atoms with E-state index in [2.05, 4.69) is 10.3 Å². The van der Waals surface area contributed by atoms with E-state index in [-0.39, 0.29) is 16.2 Å². The summed E-state index contributed by atoms with van der Waals surface area (Å²) in [6.07, 6.45) is 0. The van der Waals surface area contributed by atoms with Crippen LogP contribution >= 0.6 is 23.2 Å². The number of rotatable bonds is 4. The summed E-state index contributed by atoms with van der Waals surface area (Å²) in [4.78, 5) is 17.4. The Hall–Kier alpha value is -0.840. The highest BCUT2D eigenvalue weighted by molar-refractivity contribution is 6.34. The van der Waals surface area contributed by atoms with Gasteiger partial charge in [-0.25, -0.2) is 4.98 Å². The van der Waals surface area contributed by atoms with Crippen LogP contribution in [0.3, 0.4) is 0 Å². The Bertz CT molecular complexity index is 382. The molecule has 0 aliphatic heterocycles. The first kappa shape index (κ1) is 13.2. The molecule has 16 heavy (non-hydrogen) atoms. The zero-order valence-corrected chi connectivity index (χ0v) is 10.6. The minimum absolute atomic E-state index is 0.120. The lowest BCUT2D eigenvalue weighted by atomic mass is 10.2. The van der Waals surface area contributed by atoms with Gasteiger partial charge in [-0.1, -0.05) is 23.2 Å². The van der Waals surface area contributed by atoms with E-state index in [9.17, 15) is 4.79 Å². The molecule has 1 rings (SSSR count). The summed E-state index contributed by atoms with van der Waals surface area (Å²) >= 11 is 11.4. The predicted octanol–water partition coefficient (Wildman–Crippen LogP) is 1.68. The van der Waals surface area contributed by atoms with Crippen LogP contribution in [-0.2, 0) is 0 Å². The number of nitrogens with one attached hydrogen (secondary N) is 1. The number of carbonyl (C=O) groups is 1. The molecule has 0 atom stereocenters. The number of pyridine rings is 1. The van der Waals surface area contributed by atoms with Crippen LogP contribution in [0.2, 0.25) is 10.3 Å². The monoisotopic (exact) mass is 261 g/mol. The molecule has 1 aromatic rings. The topological polar surface area (TPSA) is 45.2 Å². The summed E-state index contributed by atoms with van der Waals surface area (Å²) in [6, 6.07) is 3.09. The average molecular weight is 262 g/mol. The molecule has 0 unspecified atom stereocenters. The maximum Gasteiger partial charge on any atom is 0.254 e. The van der Waals surface area contributed by atoms with Gasteiger partial charge in [-0.3, -0.25) is 4.79 Å². The van der Waals surface area contributed by atoms with Crippen molar-refractivity contribution in [1.29, 1.82) is 0 Å². The van der Waals surface area contributed by atoms with Crippen molar-refractivity contribution in [3.8, 4) is 0 Å². The molecule has 88 valence electrons. The summed E-state index contributed by atoms with van der Waals surface area (Å²) in [5.74, 6) is -0.240. The van der Waals surface area contributed by atoms with Gasteiger partial charge < -0.3 is 10.2 Å². The summed E-state index contributed by atoms with van der Waals surface area (Å²) < 4.78 is 0. The van der Waals surface area contributed by atoms with E-state index >= 15 is 0 Å². The first-order valence-electron chi connectivity index (χ1n) is 4.75. The number of carbonyl (C=O) groups excluding carboxylic acids is 1. The number of aromatic nitrogens is 1. The Kier molecular flexibility index (Phi) is 4.99. The van der Waals surface area contributed by atoms with E-state index < -0.39 is 0 Å². The van der Waals surface area contributed by atoms with Gasteiger partial charge in [0.25, 0.3) is 5.91 Å². The Morgan fingerprint density at radius 2 is 2.12 bits per heavy atom. The first-order valence-corrected chi connectivity index (χ1v) is 5.51. The van der Waals surface area contributed by atoms with E-state index in [1.54, 1.807) is 6.07 Å². The van der Waals surface area contributed by atoms with Crippen LogP contribution in [-0.4, -0.2) is 43.0 Å². The molecule has 0 fully saturated rings. The molecule has 0 spiro atoms. The quantitative estimate of drug-likeness (QED) is 0.840. The highest BCUT2D eigenvalue weighted by atomic mass is 35.5. The maximum atomic E-state index is 11.7. The van der Waals surface area contributed by atoms with E-state index in [1.807, 2.05) is 19.0 Å². The smallest absolute Gasteiger partial charge is 0.254 e. The predicted molar refractivity (Wildman–Crippen MR) is 65.1 cm³/mol. The fourth-order valence-corrected chi connectivity index (χ4v) is 1.50. The zero-order chi connectivity index (χ0) is 12.1. The average Bonchev–Trinajstić information content (AvgIpc) is 2.16. The van der Waals surface area contributed by atoms with Gasteiger partial charge in [0.2, 0.25) is 0 Å². The molecule has 1 aromatic heterocycles. The standard InChI is InChI=1S/C10H13Cl2N3O/c1-15(2)6-5-13-10(16)7-3-4-8(11)14-9(7)12/h3-4H,5-6H2,1-2H3,(H,13,16). The normalized spacial score (nSPS) is 10.6. The molecule has 0 bridgehead atoms. The summed E-state index contributed by atoms with van der Waals surface area (Å²) in [6.45, 7) is 1.33. The summed E-state index contributed by atoms with van der Waals surface area (Å²) in [7, 11) is 3.87. The van der Waals surface area contributed by atoms with Crippen LogP contribution in [0.4, 0.5) is 0 Å². The molecule has 1 N–H and O–H groups in total. The Morgan fingerprint density at radius 1 is 1.44 bits per heavy atom. The fourth-order valence-electron chi connectivity index (χ4n) is 1.07. The van der Waals surface area contributed by atoms with Crippen molar-refractivity contribution in [3.63, 3.8) is 0 Å². The number of nitrogens with zero attached hydrogens (tertiary/aromatic N) is 2. The Morgan fingerprint density at radius 3 is 2.69 bits per heavy atom. The third-order valence-electron chi connectivity index (χ3n) is 1.90. The minimum Gasteiger partial charge on any atom is -0.351 e. The molecule has 0 saturated heterocycles. The first-order chi connectivity index (χ1) is 7.50. The third-order valence-corrected chi connectivity index (χ3v) is 2.40. The van der Waals surface area contributed by atoms with E-state index in [0.29, 0.717) is 12.1 Å². The number of hydrogen-bond donors (Lipinski definition) is 1. The lowest BCUT2D eigenvalue weighted by Gasteiger charge is -2.10. The van der Waals surface area contributed by atoms with E-state index in [0.717, 1.165) is 6.54 Å². The van der Waals surface area contributed by atoms with Crippen molar-refractivity contribution >= 4 is 29.1 Å². The number of amides is 1. The lowest BCUT2D eigenvalue weighted by molar-refractivity contribution is 0.0951. The summed E-state index contributed by atoms with van der Waals surface area (Å²) in [5.41, 5.74) is 0.338. The Labute approximate surface area is 105 Å². The van der Waals surface area contributed by atoms with Crippen molar-refractivity contribution in [2.24, 2.45) is 0 Å². The molecule has 4 nitrogen and oxygen atoms in total. The van der Waals surface area contributed by atoms with Gasteiger partial charge >= 0.3 is 0 Å². The molecule has 0 aromatic carbocycles. The van der Waals surface area contributed by atoms with Crippen LogP contribution in [0.1, 0.15) is 10.4 Å².